The number of hydrogen-bond acceptors (Lipinski definition) is 0. The lowest BCUT2D eigenvalue weighted by molar-refractivity contribution is 0.624. The highest BCUT2D eigenvalue weighted by Gasteiger charge is 2.08. The van der Waals surface area contributed by atoms with Crippen LogP contribution in [0.4, 0.5) is 4.39 Å². The number of hydrogen-bond donors (Lipinski definition) is 0. The summed E-state index contributed by atoms with van der Waals surface area (Å²) in [6.07, 6.45) is 1.90. The molecule has 20 heavy (non-hydrogen) atoms. The lowest BCUT2D eigenvalue weighted by Crippen LogP contribution is -1.98. The second-order valence-corrected chi connectivity index (χ2v) is 5.76. The number of halogens is 4. The van der Waals surface area contributed by atoms with Gasteiger partial charge in [0.1, 0.15) is 5.82 Å². The van der Waals surface area contributed by atoms with Gasteiger partial charge < -0.3 is 4.57 Å². The van der Waals surface area contributed by atoms with E-state index in [9.17, 15) is 4.39 Å². The van der Waals surface area contributed by atoms with E-state index < -0.39 is 5.82 Å². The molecule has 0 saturated heterocycles. The Labute approximate surface area is 130 Å². The van der Waals surface area contributed by atoms with Crippen LogP contribution in [0.5, 0.6) is 0 Å². The zero-order valence-electron chi connectivity index (χ0n) is 10.2. The molecule has 0 bridgehead atoms. The van der Waals surface area contributed by atoms with Crippen LogP contribution >= 0.6 is 34.8 Å². The van der Waals surface area contributed by atoms with Crippen molar-refractivity contribution in [3.8, 4) is 0 Å². The van der Waals surface area contributed by atoms with E-state index in [1.54, 1.807) is 18.2 Å². The smallest absolute Gasteiger partial charge is 0.142 e. The first-order chi connectivity index (χ1) is 9.54. The third-order valence-electron chi connectivity index (χ3n) is 3.14. The number of benzene rings is 2. The molecule has 0 spiro atoms. The molecule has 0 radical (unpaired) electrons. The highest BCUT2D eigenvalue weighted by atomic mass is 35.5. The van der Waals surface area contributed by atoms with Gasteiger partial charge in [0, 0.05) is 23.2 Å². The maximum absolute atomic E-state index is 13.5. The van der Waals surface area contributed by atoms with Crippen molar-refractivity contribution in [2.75, 3.05) is 0 Å². The van der Waals surface area contributed by atoms with Gasteiger partial charge in [-0.3, -0.25) is 0 Å². The minimum atomic E-state index is -0.420. The van der Waals surface area contributed by atoms with Crippen LogP contribution < -0.4 is 0 Å². The summed E-state index contributed by atoms with van der Waals surface area (Å²) in [7, 11) is 0. The van der Waals surface area contributed by atoms with Crippen LogP contribution in [0.1, 0.15) is 5.56 Å². The summed E-state index contributed by atoms with van der Waals surface area (Å²) in [5.41, 5.74) is 1.73. The summed E-state index contributed by atoms with van der Waals surface area (Å²) in [4.78, 5) is 0. The molecule has 1 heterocycles. The van der Waals surface area contributed by atoms with Crippen molar-refractivity contribution in [3.63, 3.8) is 0 Å². The van der Waals surface area contributed by atoms with Gasteiger partial charge in [0.05, 0.1) is 15.6 Å². The lowest BCUT2D eigenvalue weighted by Gasteiger charge is -2.07. The van der Waals surface area contributed by atoms with E-state index in [0.717, 1.165) is 16.5 Å². The Hall–Kier alpha value is -1.22. The summed E-state index contributed by atoms with van der Waals surface area (Å²) in [5, 5.41) is 2.22. The zero-order chi connectivity index (χ0) is 14.3. The van der Waals surface area contributed by atoms with E-state index in [1.807, 2.05) is 22.9 Å². The molecular formula is C15H9Cl3FN. The van der Waals surface area contributed by atoms with E-state index in [0.29, 0.717) is 16.6 Å². The van der Waals surface area contributed by atoms with Crippen molar-refractivity contribution in [3.05, 3.63) is 69.0 Å². The highest BCUT2D eigenvalue weighted by Crippen LogP contribution is 2.29. The maximum Gasteiger partial charge on any atom is 0.142 e. The maximum atomic E-state index is 13.5. The molecule has 3 rings (SSSR count). The molecule has 102 valence electrons. The van der Waals surface area contributed by atoms with Crippen molar-refractivity contribution < 1.29 is 4.39 Å². The van der Waals surface area contributed by atoms with Crippen molar-refractivity contribution in [1.82, 2.24) is 4.57 Å². The monoisotopic (exact) mass is 327 g/mol. The minimum Gasteiger partial charge on any atom is -0.343 e. The molecule has 0 saturated carbocycles. The predicted octanol–water partition coefficient (Wildman–Crippen LogP) is 5.79. The largest absolute Gasteiger partial charge is 0.343 e. The van der Waals surface area contributed by atoms with Crippen molar-refractivity contribution in [2.24, 2.45) is 0 Å². The predicted molar refractivity (Wildman–Crippen MR) is 82.5 cm³/mol. The van der Waals surface area contributed by atoms with E-state index in [-0.39, 0.29) is 5.02 Å². The van der Waals surface area contributed by atoms with Crippen LogP contribution in [0.3, 0.4) is 0 Å². The van der Waals surface area contributed by atoms with Gasteiger partial charge in [0.2, 0.25) is 0 Å². The van der Waals surface area contributed by atoms with Crippen LogP contribution in [-0.2, 0) is 6.54 Å². The first kappa shape index (κ1) is 13.7. The first-order valence-electron chi connectivity index (χ1n) is 5.92. The van der Waals surface area contributed by atoms with Gasteiger partial charge in [-0.1, -0.05) is 40.9 Å². The molecule has 0 N–H and O–H groups in total. The Morgan fingerprint density at radius 2 is 1.75 bits per heavy atom. The van der Waals surface area contributed by atoms with Crippen molar-refractivity contribution >= 4 is 45.7 Å². The third-order valence-corrected chi connectivity index (χ3v) is 3.98. The molecule has 3 aromatic rings. The molecule has 0 atom stereocenters. The van der Waals surface area contributed by atoms with Crippen LogP contribution in [0.15, 0.2) is 42.6 Å². The SMILES string of the molecule is Fc1cc(Cn2ccc3c(Cl)cc(Cl)cc32)ccc1Cl. The number of nitrogens with zero attached hydrogens (tertiary/aromatic N) is 1. The molecule has 2 aromatic carbocycles. The average Bonchev–Trinajstić information content (AvgIpc) is 2.77. The molecule has 0 unspecified atom stereocenters. The zero-order valence-corrected chi connectivity index (χ0v) is 12.5. The molecule has 0 amide bonds. The third kappa shape index (κ3) is 2.51. The topological polar surface area (TPSA) is 4.93 Å². The Bertz CT molecular complexity index is 795. The molecule has 1 aromatic heterocycles. The summed E-state index contributed by atoms with van der Waals surface area (Å²) < 4.78 is 15.4. The summed E-state index contributed by atoms with van der Waals surface area (Å²) in [6, 6.07) is 10.2. The number of rotatable bonds is 2. The molecule has 0 aliphatic heterocycles. The lowest BCUT2D eigenvalue weighted by atomic mass is 10.2. The second kappa shape index (κ2) is 5.28. The highest BCUT2D eigenvalue weighted by molar-refractivity contribution is 6.38. The van der Waals surface area contributed by atoms with E-state index >= 15 is 0 Å². The fourth-order valence-electron chi connectivity index (χ4n) is 2.19. The summed E-state index contributed by atoms with van der Waals surface area (Å²) in [5.74, 6) is -0.420. The Balaban J connectivity index is 2.04. The molecule has 5 heteroatoms. The molecule has 1 nitrogen and oxygen atoms in total. The van der Waals surface area contributed by atoms with E-state index in [4.69, 9.17) is 34.8 Å². The number of fused-ring (bicyclic) bond motifs is 1. The second-order valence-electron chi connectivity index (χ2n) is 4.51. The minimum absolute atomic E-state index is 0.122. The number of aromatic nitrogens is 1. The molecule has 0 aliphatic rings. The molecular weight excluding hydrogens is 320 g/mol. The van der Waals surface area contributed by atoms with Gasteiger partial charge in [0.25, 0.3) is 0 Å². The van der Waals surface area contributed by atoms with E-state index in [1.165, 1.54) is 6.07 Å². The van der Waals surface area contributed by atoms with Gasteiger partial charge in [-0.2, -0.15) is 0 Å². The standard InChI is InChI=1S/C15H9Cl3FN/c16-10-6-13(18)11-3-4-20(15(11)7-10)8-9-1-2-12(17)14(19)5-9/h1-7H,8H2. The normalized spacial score (nSPS) is 11.2. The fourth-order valence-corrected chi connectivity index (χ4v) is 2.85. The van der Waals surface area contributed by atoms with Crippen LogP contribution in [0.2, 0.25) is 15.1 Å². The average molecular weight is 329 g/mol. The van der Waals surface area contributed by atoms with Crippen molar-refractivity contribution in [2.45, 2.75) is 6.54 Å². The summed E-state index contributed by atoms with van der Waals surface area (Å²) in [6.45, 7) is 0.522. The molecule has 0 fully saturated rings. The van der Waals surface area contributed by atoms with Crippen LogP contribution in [0.25, 0.3) is 10.9 Å². The van der Waals surface area contributed by atoms with Crippen molar-refractivity contribution in [1.29, 1.82) is 0 Å². The Morgan fingerprint density at radius 3 is 2.50 bits per heavy atom. The van der Waals surface area contributed by atoms with Gasteiger partial charge in [-0.05, 0) is 35.9 Å². The molecule has 0 aliphatic carbocycles. The fraction of sp³-hybridized carbons (Fsp3) is 0.0667. The Kier molecular flexibility index (Phi) is 3.63. The van der Waals surface area contributed by atoms with Gasteiger partial charge in [-0.25, -0.2) is 4.39 Å². The summed E-state index contributed by atoms with van der Waals surface area (Å²) >= 11 is 17.9. The van der Waals surface area contributed by atoms with Crippen LogP contribution in [0, 0.1) is 5.82 Å². The van der Waals surface area contributed by atoms with Gasteiger partial charge in [0.15, 0.2) is 0 Å². The Morgan fingerprint density at radius 1 is 0.950 bits per heavy atom. The van der Waals surface area contributed by atoms with Gasteiger partial charge >= 0.3 is 0 Å². The van der Waals surface area contributed by atoms with Crippen LogP contribution in [-0.4, -0.2) is 4.57 Å². The first-order valence-corrected chi connectivity index (χ1v) is 7.06. The quantitative estimate of drug-likeness (QED) is 0.561. The van der Waals surface area contributed by atoms with Gasteiger partial charge in [-0.15, -0.1) is 0 Å². The van der Waals surface area contributed by atoms with E-state index in [2.05, 4.69) is 0 Å².